The van der Waals surface area contributed by atoms with Crippen molar-refractivity contribution in [3.63, 3.8) is 0 Å². The number of primary amides is 1. The number of benzene rings is 1. The second-order valence-electron chi connectivity index (χ2n) is 11.3. The number of nitrogens with two attached hydrogens (primary N) is 1. The predicted octanol–water partition coefficient (Wildman–Crippen LogP) is 3.37. The summed E-state index contributed by atoms with van der Waals surface area (Å²) in [5.74, 6) is -1.71. The summed E-state index contributed by atoms with van der Waals surface area (Å²) in [5, 5.41) is 24.0. The molecule has 1 aromatic heterocycles. The summed E-state index contributed by atoms with van der Waals surface area (Å²) in [7, 11) is 0. The molecule has 1 heterocycles. The first kappa shape index (κ1) is 39.6. The van der Waals surface area contributed by atoms with Crippen molar-refractivity contribution in [2.75, 3.05) is 18.4 Å². The molecule has 0 fully saturated rings. The van der Waals surface area contributed by atoms with Gasteiger partial charge in [-0.25, -0.2) is 4.79 Å². The third kappa shape index (κ3) is 14.8. The third-order valence-electron chi connectivity index (χ3n) is 7.11. The Labute approximate surface area is 292 Å². The Morgan fingerprint density at radius 3 is 2.06 bits per heavy atom. The maximum Gasteiger partial charge on any atom is 0.312 e. The topological polar surface area (TPSA) is 205 Å². The van der Waals surface area contributed by atoms with E-state index in [0.717, 1.165) is 11.4 Å². The SMILES string of the molecule is CC(C)C(NC(=O)CCCCCNC(=O)c1cc(CBr)nc(CBr)c1)C(=O)N[C@@H](CCCNC(N)=O)C(=O)Nc1ccc(CO)cc1. The minimum Gasteiger partial charge on any atom is -0.392 e. The van der Waals surface area contributed by atoms with Crippen molar-refractivity contribution in [1.29, 1.82) is 0 Å². The third-order valence-corrected chi connectivity index (χ3v) is 8.25. The van der Waals surface area contributed by atoms with Gasteiger partial charge < -0.3 is 37.4 Å². The summed E-state index contributed by atoms with van der Waals surface area (Å²) in [6.07, 6.45) is 2.71. The molecule has 0 radical (unpaired) electrons. The fourth-order valence-electron chi connectivity index (χ4n) is 4.56. The Hall–Kier alpha value is -3.56. The molecule has 0 spiro atoms. The Bertz CT molecular complexity index is 1320. The van der Waals surface area contributed by atoms with Crippen LogP contribution in [-0.4, -0.2) is 64.9 Å². The number of rotatable bonds is 20. The quantitative estimate of drug-likeness (QED) is 0.0788. The summed E-state index contributed by atoms with van der Waals surface area (Å²) < 4.78 is 0. The number of amides is 6. The molecular weight excluding hydrogens is 738 g/mol. The van der Waals surface area contributed by atoms with Gasteiger partial charge in [-0.15, -0.1) is 0 Å². The van der Waals surface area contributed by atoms with Gasteiger partial charge in [0.1, 0.15) is 12.1 Å². The van der Waals surface area contributed by atoms with E-state index < -0.39 is 29.9 Å². The summed E-state index contributed by atoms with van der Waals surface area (Å²) in [6.45, 7) is 4.13. The number of hydrogen-bond donors (Lipinski definition) is 7. The smallest absolute Gasteiger partial charge is 0.312 e. The molecule has 1 aromatic carbocycles. The molecule has 258 valence electrons. The lowest BCUT2D eigenvalue weighted by Crippen LogP contribution is -2.54. The molecule has 0 aliphatic carbocycles. The van der Waals surface area contributed by atoms with Crippen LogP contribution in [0.1, 0.15) is 79.7 Å². The molecule has 0 aliphatic rings. The molecule has 2 rings (SSSR count). The van der Waals surface area contributed by atoms with Crippen molar-refractivity contribution in [2.45, 2.75) is 81.7 Å². The number of carbonyl (C=O) groups is 5. The zero-order chi connectivity index (χ0) is 34.8. The molecular formula is C32H45Br2N7O6. The van der Waals surface area contributed by atoms with Crippen molar-refractivity contribution in [1.82, 2.24) is 26.3 Å². The number of unbranched alkanes of at least 4 members (excludes halogenated alkanes) is 2. The van der Waals surface area contributed by atoms with E-state index in [1.54, 1.807) is 50.2 Å². The molecule has 8 N–H and O–H groups in total. The number of pyridine rings is 1. The van der Waals surface area contributed by atoms with Gasteiger partial charge in [0.05, 0.1) is 18.0 Å². The Morgan fingerprint density at radius 2 is 1.49 bits per heavy atom. The summed E-state index contributed by atoms with van der Waals surface area (Å²) >= 11 is 6.74. The summed E-state index contributed by atoms with van der Waals surface area (Å²) in [6, 6.07) is 7.60. The van der Waals surface area contributed by atoms with Gasteiger partial charge in [-0.1, -0.05) is 64.3 Å². The number of aliphatic hydroxyl groups is 1. The van der Waals surface area contributed by atoms with Crippen LogP contribution in [0.5, 0.6) is 0 Å². The van der Waals surface area contributed by atoms with Crippen molar-refractivity contribution in [3.05, 3.63) is 58.9 Å². The molecule has 2 aromatic rings. The molecule has 1 unspecified atom stereocenters. The van der Waals surface area contributed by atoms with Gasteiger partial charge in [0.15, 0.2) is 0 Å². The largest absolute Gasteiger partial charge is 0.392 e. The standard InChI is InChI=1S/C32H45Br2N7O6/c1-20(2)28(41-27(43)8-4-3-5-13-36-29(44)22-15-24(17-33)38-25(16-22)18-34)31(46)40-26(7-6-14-37-32(35)47)30(45)39-23-11-9-21(19-42)10-12-23/h9-12,15-16,20,26,28,42H,3-8,13-14,17-19H2,1-2H3,(H,36,44)(H,39,45)(H,40,46)(H,41,43)(H3,35,37,47)/t26-,28?/m0/s1. The van der Waals surface area contributed by atoms with Crippen LogP contribution in [0.2, 0.25) is 0 Å². The normalized spacial score (nSPS) is 12.1. The van der Waals surface area contributed by atoms with E-state index in [0.29, 0.717) is 59.7 Å². The van der Waals surface area contributed by atoms with E-state index in [4.69, 9.17) is 5.73 Å². The lowest BCUT2D eigenvalue weighted by molar-refractivity contribution is -0.132. The van der Waals surface area contributed by atoms with Crippen LogP contribution in [0.15, 0.2) is 36.4 Å². The predicted molar refractivity (Wildman–Crippen MR) is 187 cm³/mol. The Morgan fingerprint density at radius 1 is 0.851 bits per heavy atom. The fourth-order valence-corrected chi connectivity index (χ4v) is 5.14. The molecule has 47 heavy (non-hydrogen) atoms. The summed E-state index contributed by atoms with van der Waals surface area (Å²) in [5.41, 5.74) is 8.38. The molecule has 0 saturated heterocycles. The second kappa shape index (κ2) is 21.3. The highest BCUT2D eigenvalue weighted by molar-refractivity contribution is 9.08. The monoisotopic (exact) mass is 781 g/mol. The van der Waals surface area contributed by atoms with Gasteiger partial charge in [-0.05, 0) is 61.4 Å². The van der Waals surface area contributed by atoms with Crippen LogP contribution in [0.25, 0.3) is 0 Å². The Balaban J connectivity index is 1.87. The van der Waals surface area contributed by atoms with Crippen LogP contribution < -0.4 is 32.3 Å². The van der Waals surface area contributed by atoms with Crippen molar-refractivity contribution in [2.24, 2.45) is 11.7 Å². The number of anilines is 1. The average molecular weight is 784 g/mol. The van der Waals surface area contributed by atoms with Gasteiger partial charge in [0.25, 0.3) is 5.91 Å². The van der Waals surface area contributed by atoms with Crippen LogP contribution in [0.3, 0.4) is 0 Å². The molecule has 0 bridgehead atoms. The minimum absolute atomic E-state index is 0.134. The molecule has 0 aliphatic heterocycles. The minimum atomic E-state index is -0.952. The van der Waals surface area contributed by atoms with Gasteiger partial charge >= 0.3 is 6.03 Å². The van der Waals surface area contributed by atoms with Crippen LogP contribution in [0, 0.1) is 5.92 Å². The highest BCUT2D eigenvalue weighted by Gasteiger charge is 2.28. The fraction of sp³-hybridized carbons (Fsp3) is 0.500. The first-order valence-electron chi connectivity index (χ1n) is 15.5. The number of alkyl halides is 2. The van der Waals surface area contributed by atoms with Crippen LogP contribution in [0.4, 0.5) is 10.5 Å². The van der Waals surface area contributed by atoms with Gasteiger partial charge in [-0.3, -0.25) is 24.2 Å². The van der Waals surface area contributed by atoms with E-state index in [1.807, 2.05) is 0 Å². The number of aromatic nitrogens is 1. The zero-order valence-electron chi connectivity index (χ0n) is 26.7. The maximum atomic E-state index is 13.3. The molecule has 13 nitrogen and oxygen atoms in total. The first-order valence-corrected chi connectivity index (χ1v) is 17.7. The van der Waals surface area contributed by atoms with Crippen LogP contribution in [-0.2, 0) is 31.7 Å². The molecule has 0 saturated carbocycles. The summed E-state index contributed by atoms with van der Waals surface area (Å²) in [4.78, 5) is 67.3. The van der Waals surface area contributed by atoms with E-state index >= 15 is 0 Å². The van der Waals surface area contributed by atoms with E-state index in [9.17, 15) is 29.1 Å². The van der Waals surface area contributed by atoms with E-state index in [-0.39, 0.29) is 43.7 Å². The molecule has 15 heteroatoms. The molecule has 6 amide bonds. The maximum absolute atomic E-state index is 13.3. The zero-order valence-corrected chi connectivity index (χ0v) is 29.9. The first-order chi connectivity index (χ1) is 22.5. The second-order valence-corrected chi connectivity index (χ2v) is 12.4. The Kier molecular flexibility index (Phi) is 18.0. The number of nitrogens with one attached hydrogen (secondary N) is 5. The lowest BCUT2D eigenvalue weighted by atomic mass is 10.0. The number of nitrogens with zero attached hydrogens (tertiary/aromatic N) is 1. The van der Waals surface area contributed by atoms with Gasteiger partial charge in [0, 0.05) is 41.4 Å². The molecule has 2 atom stereocenters. The van der Waals surface area contributed by atoms with Crippen molar-refractivity contribution < 1.29 is 29.1 Å². The van der Waals surface area contributed by atoms with Gasteiger partial charge in [-0.2, -0.15) is 0 Å². The number of hydrogen-bond acceptors (Lipinski definition) is 7. The number of halogens is 2. The van der Waals surface area contributed by atoms with Crippen LogP contribution >= 0.6 is 31.9 Å². The average Bonchev–Trinajstić information content (AvgIpc) is 3.05. The van der Waals surface area contributed by atoms with Crippen molar-refractivity contribution in [3.8, 4) is 0 Å². The highest BCUT2D eigenvalue weighted by Crippen LogP contribution is 2.14. The van der Waals surface area contributed by atoms with Crippen molar-refractivity contribution >= 4 is 67.2 Å². The number of aliphatic hydroxyl groups excluding tert-OH is 1. The van der Waals surface area contributed by atoms with E-state index in [2.05, 4.69) is 63.4 Å². The number of urea groups is 1. The number of carbonyl (C=O) groups excluding carboxylic acids is 5. The van der Waals surface area contributed by atoms with E-state index in [1.165, 1.54) is 0 Å². The van der Waals surface area contributed by atoms with Gasteiger partial charge in [0.2, 0.25) is 17.7 Å². The highest BCUT2D eigenvalue weighted by atomic mass is 79.9. The lowest BCUT2D eigenvalue weighted by Gasteiger charge is -2.25.